The van der Waals surface area contributed by atoms with Crippen molar-refractivity contribution in [2.24, 2.45) is 5.92 Å². The van der Waals surface area contributed by atoms with Gasteiger partial charge in [0.1, 0.15) is 0 Å². The molecule has 0 unspecified atom stereocenters. The number of aryl methyl sites for hydroxylation is 1. The first-order valence-corrected chi connectivity index (χ1v) is 10.5. The van der Waals surface area contributed by atoms with Gasteiger partial charge in [0.15, 0.2) is 0 Å². The van der Waals surface area contributed by atoms with Crippen molar-refractivity contribution in [3.05, 3.63) is 64.5 Å². The molecule has 2 aliphatic heterocycles. The fraction of sp³-hybridized carbons (Fsp3) is 0.542. The number of benzene rings is 1. The fourth-order valence-corrected chi connectivity index (χ4v) is 4.55. The lowest BCUT2D eigenvalue weighted by molar-refractivity contribution is 0.137. The van der Waals surface area contributed by atoms with E-state index in [1.807, 2.05) is 12.3 Å². The summed E-state index contributed by atoms with van der Waals surface area (Å²) in [7, 11) is 0. The minimum absolute atomic E-state index is 0.603. The van der Waals surface area contributed by atoms with Crippen molar-refractivity contribution >= 4 is 0 Å². The number of pyridine rings is 1. The number of likely N-dealkylation sites (tertiary alicyclic amines) is 2. The van der Waals surface area contributed by atoms with Gasteiger partial charge >= 0.3 is 0 Å². The second-order valence-electron chi connectivity index (χ2n) is 8.81. The molecule has 2 saturated heterocycles. The Hall–Kier alpha value is -1.71. The third kappa shape index (κ3) is 4.41. The van der Waals surface area contributed by atoms with Crippen LogP contribution in [0.3, 0.4) is 0 Å². The molecule has 0 atom stereocenters. The van der Waals surface area contributed by atoms with Crippen molar-refractivity contribution in [1.29, 1.82) is 0 Å². The smallest absolute Gasteiger partial charge is 0.0460 e. The third-order valence-electron chi connectivity index (χ3n) is 6.49. The maximum Gasteiger partial charge on any atom is 0.0460 e. The Bertz CT molecular complexity index is 757. The molecule has 3 nitrogen and oxygen atoms in total. The first-order chi connectivity index (χ1) is 13.1. The Labute approximate surface area is 164 Å². The zero-order chi connectivity index (χ0) is 18.8. The highest BCUT2D eigenvalue weighted by Crippen LogP contribution is 2.29. The van der Waals surface area contributed by atoms with E-state index in [2.05, 4.69) is 59.8 Å². The SMILES string of the molecule is Cc1cc(CN2CCC(C)CC2)c(C)c(CN2CC(c3ccccn3)C2)c1. The molecule has 2 aliphatic rings. The minimum Gasteiger partial charge on any atom is -0.299 e. The summed E-state index contributed by atoms with van der Waals surface area (Å²) < 4.78 is 0. The summed E-state index contributed by atoms with van der Waals surface area (Å²) in [6.45, 7) is 13.9. The Morgan fingerprint density at radius 3 is 2.26 bits per heavy atom. The molecule has 144 valence electrons. The van der Waals surface area contributed by atoms with Crippen LogP contribution in [0, 0.1) is 19.8 Å². The molecule has 0 aliphatic carbocycles. The molecular weight excluding hydrogens is 330 g/mol. The van der Waals surface area contributed by atoms with Gasteiger partial charge in [-0.05, 0) is 74.5 Å². The monoisotopic (exact) mass is 363 g/mol. The summed E-state index contributed by atoms with van der Waals surface area (Å²) in [5, 5.41) is 0. The summed E-state index contributed by atoms with van der Waals surface area (Å²) in [6.07, 6.45) is 4.61. The van der Waals surface area contributed by atoms with Gasteiger partial charge in [0, 0.05) is 44.0 Å². The van der Waals surface area contributed by atoms with Gasteiger partial charge < -0.3 is 0 Å². The maximum absolute atomic E-state index is 4.53. The van der Waals surface area contributed by atoms with Crippen LogP contribution in [0.5, 0.6) is 0 Å². The molecule has 1 aromatic heterocycles. The lowest BCUT2D eigenvalue weighted by Crippen LogP contribution is -2.44. The highest BCUT2D eigenvalue weighted by atomic mass is 15.2. The second kappa shape index (κ2) is 8.12. The molecule has 0 spiro atoms. The van der Waals surface area contributed by atoms with Gasteiger partial charge in [-0.15, -0.1) is 0 Å². The number of hydrogen-bond donors (Lipinski definition) is 0. The molecule has 0 radical (unpaired) electrons. The van der Waals surface area contributed by atoms with Crippen molar-refractivity contribution in [2.45, 2.75) is 52.6 Å². The van der Waals surface area contributed by atoms with Gasteiger partial charge in [-0.25, -0.2) is 0 Å². The topological polar surface area (TPSA) is 19.4 Å². The van der Waals surface area contributed by atoms with Gasteiger partial charge in [0.05, 0.1) is 0 Å². The fourth-order valence-electron chi connectivity index (χ4n) is 4.55. The van der Waals surface area contributed by atoms with Crippen molar-refractivity contribution in [3.8, 4) is 0 Å². The molecule has 0 saturated carbocycles. The van der Waals surface area contributed by atoms with E-state index in [0.717, 1.165) is 32.1 Å². The normalized spacial score (nSPS) is 20.0. The van der Waals surface area contributed by atoms with E-state index in [-0.39, 0.29) is 0 Å². The summed E-state index contributed by atoms with van der Waals surface area (Å²) in [5.74, 6) is 1.50. The van der Waals surface area contributed by atoms with Crippen LogP contribution in [0.4, 0.5) is 0 Å². The first kappa shape index (κ1) is 18.6. The van der Waals surface area contributed by atoms with Crippen LogP contribution in [0.1, 0.15) is 53.6 Å². The predicted octanol–water partition coefficient (Wildman–Crippen LogP) is 4.53. The molecule has 3 heterocycles. The van der Waals surface area contributed by atoms with Crippen LogP contribution in [0.15, 0.2) is 36.5 Å². The predicted molar refractivity (Wildman–Crippen MR) is 112 cm³/mol. The number of rotatable bonds is 5. The van der Waals surface area contributed by atoms with E-state index in [0.29, 0.717) is 5.92 Å². The molecular formula is C24H33N3. The lowest BCUT2D eigenvalue weighted by atomic mass is 9.92. The number of hydrogen-bond acceptors (Lipinski definition) is 3. The van der Waals surface area contributed by atoms with Gasteiger partial charge in [-0.1, -0.05) is 30.7 Å². The average molecular weight is 364 g/mol. The minimum atomic E-state index is 0.603. The maximum atomic E-state index is 4.53. The quantitative estimate of drug-likeness (QED) is 0.778. The van der Waals surface area contributed by atoms with Crippen LogP contribution >= 0.6 is 0 Å². The van der Waals surface area contributed by atoms with Crippen molar-refractivity contribution in [1.82, 2.24) is 14.8 Å². The molecule has 0 N–H and O–H groups in total. The van der Waals surface area contributed by atoms with E-state index in [4.69, 9.17) is 0 Å². The van der Waals surface area contributed by atoms with Gasteiger partial charge in [-0.3, -0.25) is 14.8 Å². The van der Waals surface area contributed by atoms with E-state index < -0.39 is 0 Å². The van der Waals surface area contributed by atoms with E-state index in [1.54, 1.807) is 0 Å². The molecule has 0 bridgehead atoms. The van der Waals surface area contributed by atoms with Crippen LogP contribution in [0.2, 0.25) is 0 Å². The van der Waals surface area contributed by atoms with Gasteiger partial charge in [-0.2, -0.15) is 0 Å². The van der Waals surface area contributed by atoms with E-state index >= 15 is 0 Å². The van der Waals surface area contributed by atoms with Gasteiger partial charge in [0.2, 0.25) is 0 Å². The third-order valence-corrected chi connectivity index (χ3v) is 6.49. The second-order valence-corrected chi connectivity index (χ2v) is 8.81. The number of nitrogens with zero attached hydrogens (tertiary/aromatic N) is 3. The van der Waals surface area contributed by atoms with Crippen LogP contribution in [0.25, 0.3) is 0 Å². The summed E-state index contributed by atoms with van der Waals surface area (Å²) in [5.41, 5.74) is 7.18. The van der Waals surface area contributed by atoms with Gasteiger partial charge in [0.25, 0.3) is 0 Å². The zero-order valence-electron chi connectivity index (χ0n) is 17.1. The van der Waals surface area contributed by atoms with Crippen LogP contribution in [-0.2, 0) is 13.1 Å². The Morgan fingerprint density at radius 2 is 1.63 bits per heavy atom. The number of piperidine rings is 1. The molecule has 0 amide bonds. The zero-order valence-corrected chi connectivity index (χ0v) is 17.1. The highest BCUT2D eigenvalue weighted by Gasteiger charge is 2.29. The molecule has 3 heteroatoms. The standard InChI is InChI=1S/C24H33N3/c1-18-7-10-26(11-8-18)14-21-12-19(2)13-22(20(21)3)15-27-16-23(17-27)24-6-4-5-9-25-24/h4-6,9,12-13,18,23H,7-8,10-11,14-17H2,1-3H3. The van der Waals surface area contributed by atoms with Crippen molar-refractivity contribution < 1.29 is 0 Å². The molecule has 1 aromatic carbocycles. The summed E-state index contributed by atoms with van der Waals surface area (Å²) in [4.78, 5) is 9.73. The molecule has 27 heavy (non-hydrogen) atoms. The van der Waals surface area contributed by atoms with Crippen LogP contribution in [-0.4, -0.2) is 41.0 Å². The molecule has 2 aromatic rings. The largest absolute Gasteiger partial charge is 0.299 e. The van der Waals surface area contributed by atoms with Crippen LogP contribution < -0.4 is 0 Å². The summed E-state index contributed by atoms with van der Waals surface area (Å²) in [6, 6.07) is 11.1. The van der Waals surface area contributed by atoms with Crippen molar-refractivity contribution in [3.63, 3.8) is 0 Å². The van der Waals surface area contributed by atoms with Crippen molar-refractivity contribution in [2.75, 3.05) is 26.2 Å². The lowest BCUT2D eigenvalue weighted by Gasteiger charge is -2.39. The number of aromatic nitrogens is 1. The summed E-state index contributed by atoms with van der Waals surface area (Å²) >= 11 is 0. The van der Waals surface area contributed by atoms with E-state index in [9.17, 15) is 0 Å². The highest BCUT2D eigenvalue weighted by molar-refractivity contribution is 5.38. The molecule has 4 rings (SSSR count). The Balaban J connectivity index is 1.39. The average Bonchev–Trinajstić information content (AvgIpc) is 2.64. The first-order valence-electron chi connectivity index (χ1n) is 10.5. The Kier molecular flexibility index (Phi) is 5.60. The molecule has 2 fully saturated rings. The van der Waals surface area contributed by atoms with E-state index in [1.165, 1.54) is 53.9 Å². The Morgan fingerprint density at radius 1 is 0.963 bits per heavy atom.